The Hall–Kier alpha value is -1.06. The van der Waals surface area contributed by atoms with Crippen LogP contribution in [0.3, 0.4) is 0 Å². The van der Waals surface area contributed by atoms with Crippen LogP contribution in [0.5, 0.6) is 5.75 Å². The lowest BCUT2D eigenvalue weighted by atomic mass is 9.82. The lowest BCUT2D eigenvalue weighted by Crippen LogP contribution is -2.65. The van der Waals surface area contributed by atoms with E-state index in [0.29, 0.717) is 23.8 Å². The summed E-state index contributed by atoms with van der Waals surface area (Å²) in [5.74, 6) is -1.03. The van der Waals surface area contributed by atoms with Gasteiger partial charge in [-0.15, -0.1) is 0 Å². The number of rotatable bonds is 15. The maximum Gasteiger partial charge on any atom is 0.221 e. The lowest BCUT2D eigenvalue weighted by molar-refractivity contribution is -0.341. The number of hydrogen-bond acceptors (Lipinski definition) is 7. The fourth-order valence-electron chi connectivity index (χ4n) is 6.04. The number of ether oxygens (including phenoxy) is 2. The van der Waals surface area contributed by atoms with Crippen LogP contribution in [0.15, 0.2) is 42.5 Å². The van der Waals surface area contributed by atoms with Crippen LogP contribution in [0.2, 0.25) is 63.9 Å². The summed E-state index contributed by atoms with van der Waals surface area (Å²) in [6, 6.07) is 13.8. The summed E-state index contributed by atoms with van der Waals surface area (Å²) in [5, 5.41) is 13.6. The molecule has 1 unspecified atom stereocenters. The number of aliphatic hydroxyl groups is 1. The van der Waals surface area contributed by atoms with E-state index in [9.17, 15) is 5.11 Å². The Bertz CT molecular complexity index is 1260. The van der Waals surface area contributed by atoms with Crippen molar-refractivity contribution in [2.45, 2.75) is 117 Å². The van der Waals surface area contributed by atoms with Gasteiger partial charge in [0.1, 0.15) is 11.9 Å². The fourth-order valence-corrected chi connectivity index (χ4v) is 9.13. The van der Waals surface area contributed by atoms with Gasteiger partial charge in [0, 0.05) is 16.5 Å². The van der Waals surface area contributed by atoms with Crippen molar-refractivity contribution in [2.75, 3.05) is 26.3 Å². The van der Waals surface area contributed by atoms with Crippen molar-refractivity contribution in [3.8, 4) is 5.75 Å². The zero-order chi connectivity index (χ0) is 34.7. The van der Waals surface area contributed by atoms with Crippen molar-refractivity contribution in [2.24, 2.45) is 5.92 Å². The molecule has 11 heteroatoms. The van der Waals surface area contributed by atoms with Gasteiger partial charge < -0.3 is 27.9 Å². The van der Waals surface area contributed by atoms with Gasteiger partial charge in [-0.1, -0.05) is 50.6 Å². The fraction of sp³-hybridized carbons (Fsp3) is 0.657. The highest BCUT2D eigenvalue weighted by Crippen LogP contribution is 2.46. The van der Waals surface area contributed by atoms with Crippen LogP contribution >= 0.6 is 11.6 Å². The van der Waals surface area contributed by atoms with Gasteiger partial charge in [-0.2, -0.15) is 0 Å². The van der Waals surface area contributed by atoms with E-state index in [2.05, 4.69) is 96.7 Å². The Balaban J connectivity index is 2.24. The van der Waals surface area contributed by atoms with E-state index in [-0.39, 0.29) is 12.0 Å². The smallest absolute Gasteiger partial charge is 0.221 e. The Kier molecular flexibility index (Phi) is 13.4. The molecule has 1 heterocycles. The average molecular weight is 711 g/mol. The monoisotopic (exact) mass is 709 g/mol. The molecule has 0 spiro atoms. The van der Waals surface area contributed by atoms with Gasteiger partial charge in [-0.05, 0) is 114 Å². The molecular formula is C35H60ClNO6Si3. The molecule has 2 aromatic rings. The molecule has 2 aromatic carbocycles. The second-order valence-corrected chi connectivity index (χ2v) is 29.2. The highest BCUT2D eigenvalue weighted by Gasteiger charge is 2.57. The van der Waals surface area contributed by atoms with Crippen LogP contribution < -0.4 is 4.74 Å². The third-order valence-corrected chi connectivity index (χ3v) is 11.5. The summed E-state index contributed by atoms with van der Waals surface area (Å²) in [4.78, 5) is 2.37. The minimum absolute atomic E-state index is 0.0660. The minimum Gasteiger partial charge on any atom is -0.494 e. The van der Waals surface area contributed by atoms with E-state index in [1.807, 2.05) is 37.3 Å². The second kappa shape index (κ2) is 15.7. The van der Waals surface area contributed by atoms with Crippen LogP contribution in [0.1, 0.15) is 50.4 Å². The van der Waals surface area contributed by atoms with Gasteiger partial charge in [-0.25, -0.2) is 0 Å². The first-order valence-corrected chi connectivity index (χ1v) is 27.5. The van der Waals surface area contributed by atoms with Crippen molar-refractivity contribution in [1.82, 2.24) is 4.90 Å². The number of halogens is 1. The second-order valence-electron chi connectivity index (χ2n) is 15.3. The molecule has 0 aliphatic carbocycles. The van der Waals surface area contributed by atoms with Crippen LogP contribution in [0.25, 0.3) is 0 Å². The maximum atomic E-state index is 13.0. The first-order valence-electron chi connectivity index (χ1n) is 16.9. The molecule has 6 atom stereocenters. The molecule has 0 bridgehead atoms. The van der Waals surface area contributed by atoms with Crippen molar-refractivity contribution < 1.29 is 27.9 Å². The van der Waals surface area contributed by atoms with Gasteiger partial charge in [-0.3, -0.25) is 4.90 Å². The zero-order valence-corrected chi connectivity index (χ0v) is 34.3. The molecule has 0 amide bonds. The number of hydrogen-bond donors (Lipinski definition) is 1. The highest BCUT2D eigenvalue weighted by molar-refractivity contribution is 6.70. The summed E-state index contributed by atoms with van der Waals surface area (Å²) in [5.41, 5.74) is 2.59. The largest absolute Gasteiger partial charge is 0.494 e. The molecule has 0 aromatic heterocycles. The summed E-state index contributed by atoms with van der Waals surface area (Å²) in [7, 11) is -6.14. The Labute approximate surface area is 287 Å². The average Bonchev–Trinajstić information content (AvgIpc) is 2.94. The highest BCUT2D eigenvalue weighted by atomic mass is 35.5. The predicted octanol–water partition coefficient (Wildman–Crippen LogP) is 8.64. The van der Waals surface area contributed by atoms with Crippen LogP contribution in [-0.4, -0.2) is 79.6 Å². The predicted molar refractivity (Wildman–Crippen MR) is 197 cm³/mol. The maximum absolute atomic E-state index is 13.0. The molecule has 46 heavy (non-hydrogen) atoms. The Morgan fingerprint density at radius 1 is 0.870 bits per heavy atom. The topological polar surface area (TPSA) is 69.6 Å². The molecular weight excluding hydrogens is 650 g/mol. The number of benzene rings is 2. The molecule has 7 nitrogen and oxygen atoms in total. The first-order chi connectivity index (χ1) is 21.2. The molecule has 0 saturated carbocycles. The first kappa shape index (κ1) is 39.4. The van der Waals surface area contributed by atoms with Gasteiger partial charge in [0.2, 0.25) is 5.79 Å². The summed E-state index contributed by atoms with van der Waals surface area (Å²) in [6.45, 7) is 30.5. The van der Waals surface area contributed by atoms with E-state index < -0.39 is 49.1 Å². The Morgan fingerprint density at radius 2 is 1.46 bits per heavy atom. The summed E-state index contributed by atoms with van der Waals surface area (Å²) >= 11 is 7.04. The number of nitrogens with zero attached hydrogens (tertiary/aromatic N) is 1. The molecule has 0 radical (unpaired) electrons. The van der Waals surface area contributed by atoms with Gasteiger partial charge >= 0.3 is 0 Å². The minimum atomic E-state index is -2.20. The van der Waals surface area contributed by atoms with Gasteiger partial charge in [0.15, 0.2) is 25.0 Å². The standard InChI is InChI=1S/C35H60ClNO6Si3/c1-14-37(15-2)32(26-17-20-28(21-18-26)39-16-3)29-23-27(19-22-30(29)36)35(38)34(43-46(11,12)13)33(42-45(8,9)10)25(4)31(41-35)24-40-44(5,6)7/h17-23,25,31-34,38H,14-16,24H2,1-13H3/t25-,31-,32?,33+,34-,35+/m1/s1. The molecule has 1 fully saturated rings. The Morgan fingerprint density at radius 3 is 1.96 bits per heavy atom. The van der Waals surface area contributed by atoms with Crippen molar-refractivity contribution >= 4 is 36.6 Å². The molecule has 3 rings (SSSR count). The van der Waals surface area contributed by atoms with Gasteiger partial charge in [0.05, 0.1) is 31.5 Å². The van der Waals surface area contributed by atoms with E-state index in [0.717, 1.165) is 30.0 Å². The third kappa shape index (κ3) is 10.2. The van der Waals surface area contributed by atoms with E-state index in [1.54, 1.807) is 0 Å². The zero-order valence-electron chi connectivity index (χ0n) is 30.6. The molecule has 1 saturated heterocycles. The molecule has 1 aliphatic heterocycles. The summed E-state index contributed by atoms with van der Waals surface area (Å²) in [6.07, 6.45) is -1.53. The SMILES string of the molecule is CCOc1ccc(C(c2cc([C@]3(O)O[C@H](CO[Si](C)(C)C)[C@@H](C)[C@H](O[Si](C)(C)C)[C@H]3O[Si](C)(C)C)ccc2Cl)N(CC)CC)cc1. The summed E-state index contributed by atoms with van der Waals surface area (Å²) < 4.78 is 32.7. The van der Waals surface area contributed by atoms with Crippen LogP contribution in [0, 0.1) is 5.92 Å². The third-order valence-electron chi connectivity index (χ3n) is 8.16. The lowest BCUT2D eigenvalue weighted by Gasteiger charge is -2.53. The quantitative estimate of drug-likeness (QED) is 0.186. The van der Waals surface area contributed by atoms with Crippen LogP contribution in [0.4, 0.5) is 0 Å². The van der Waals surface area contributed by atoms with Crippen molar-refractivity contribution in [3.63, 3.8) is 0 Å². The van der Waals surface area contributed by atoms with E-state index in [1.165, 1.54) is 0 Å². The normalized spacial score (nSPS) is 25.1. The van der Waals surface area contributed by atoms with Crippen molar-refractivity contribution in [3.05, 3.63) is 64.2 Å². The molecule has 260 valence electrons. The van der Waals surface area contributed by atoms with Crippen LogP contribution in [-0.2, 0) is 23.8 Å². The van der Waals surface area contributed by atoms with E-state index in [4.69, 9.17) is 34.4 Å². The van der Waals surface area contributed by atoms with E-state index >= 15 is 0 Å². The van der Waals surface area contributed by atoms with Crippen molar-refractivity contribution in [1.29, 1.82) is 0 Å². The molecule has 1 aliphatic rings. The molecule has 1 N–H and O–H groups in total. The van der Waals surface area contributed by atoms with Gasteiger partial charge in [0.25, 0.3) is 0 Å².